The summed E-state index contributed by atoms with van der Waals surface area (Å²) in [6.45, 7) is 9.66. The molecule has 0 aromatic carbocycles. The molecule has 0 radical (unpaired) electrons. The molecule has 1 N–H and O–H groups in total. The Morgan fingerprint density at radius 1 is 1.31 bits per heavy atom. The second-order valence-electron chi connectivity index (χ2n) is 5.84. The zero-order valence-electron chi connectivity index (χ0n) is 11.5. The molecule has 0 aliphatic carbocycles. The molecule has 1 atom stereocenters. The van der Waals surface area contributed by atoms with Crippen LogP contribution >= 0.6 is 0 Å². The molecule has 16 heavy (non-hydrogen) atoms. The van der Waals surface area contributed by atoms with E-state index < -0.39 is 0 Å². The number of hydrogen-bond acceptors (Lipinski definition) is 2. The quantitative estimate of drug-likeness (QED) is 0.718. The fraction of sp³-hybridized carbons (Fsp3) is 1.00. The van der Waals surface area contributed by atoms with Gasteiger partial charge in [-0.05, 0) is 77.2 Å². The molecule has 0 amide bonds. The zero-order chi connectivity index (χ0) is 11.8. The first-order valence-electron chi connectivity index (χ1n) is 7.07. The molecule has 1 unspecified atom stereocenters. The van der Waals surface area contributed by atoms with Gasteiger partial charge in [-0.3, -0.25) is 0 Å². The van der Waals surface area contributed by atoms with Gasteiger partial charge in [-0.1, -0.05) is 13.8 Å². The third-order valence-corrected chi connectivity index (χ3v) is 3.64. The van der Waals surface area contributed by atoms with Gasteiger partial charge in [0.1, 0.15) is 0 Å². The van der Waals surface area contributed by atoms with E-state index in [0.29, 0.717) is 0 Å². The second-order valence-corrected chi connectivity index (χ2v) is 5.84. The molecule has 0 aromatic rings. The van der Waals surface area contributed by atoms with Crippen molar-refractivity contribution in [3.05, 3.63) is 0 Å². The van der Waals surface area contributed by atoms with Gasteiger partial charge in [0, 0.05) is 0 Å². The molecular weight excluding hydrogens is 196 g/mol. The molecule has 1 rings (SSSR count). The highest BCUT2D eigenvalue weighted by Gasteiger charge is 2.12. The Bertz CT molecular complexity index is 162. The second kappa shape index (κ2) is 8.08. The van der Waals surface area contributed by atoms with Gasteiger partial charge in [-0.15, -0.1) is 0 Å². The van der Waals surface area contributed by atoms with Crippen LogP contribution in [0.25, 0.3) is 0 Å². The largest absolute Gasteiger partial charge is 0.316 e. The van der Waals surface area contributed by atoms with Gasteiger partial charge >= 0.3 is 0 Å². The lowest BCUT2D eigenvalue weighted by molar-refractivity contribution is 0.280. The molecular formula is C14H30N2. The van der Waals surface area contributed by atoms with E-state index in [4.69, 9.17) is 0 Å². The van der Waals surface area contributed by atoms with Crippen LogP contribution in [0.3, 0.4) is 0 Å². The van der Waals surface area contributed by atoms with Crippen molar-refractivity contribution in [1.29, 1.82) is 0 Å². The van der Waals surface area contributed by atoms with Crippen LogP contribution in [0.2, 0.25) is 0 Å². The lowest BCUT2D eigenvalue weighted by Crippen LogP contribution is -2.30. The first-order chi connectivity index (χ1) is 7.68. The van der Waals surface area contributed by atoms with Crippen molar-refractivity contribution in [2.75, 3.05) is 33.2 Å². The number of piperidine rings is 1. The van der Waals surface area contributed by atoms with Crippen molar-refractivity contribution < 1.29 is 0 Å². The zero-order valence-corrected chi connectivity index (χ0v) is 11.5. The summed E-state index contributed by atoms with van der Waals surface area (Å²) in [5, 5.41) is 3.50. The minimum Gasteiger partial charge on any atom is -0.316 e. The number of hydrogen-bond donors (Lipinski definition) is 1. The highest BCUT2D eigenvalue weighted by atomic mass is 15.1. The average molecular weight is 226 g/mol. The van der Waals surface area contributed by atoms with Crippen molar-refractivity contribution in [3.8, 4) is 0 Å². The molecule has 2 nitrogen and oxygen atoms in total. The molecule has 1 aliphatic rings. The first kappa shape index (κ1) is 14.0. The van der Waals surface area contributed by atoms with Crippen molar-refractivity contribution in [1.82, 2.24) is 10.2 Å². The van der Waals surface area contributed by atoms with E-state index in [1.807, 2.05) is 0 Å². The maximum Gasteiger partial charge on any atom is -0.00194 e. The summed E-state index contributed by atoms with van der Waals surface area (Å²) in [7, 11) is 2.27. The Morgan fingerprint density at radius 3 is 2.75 bits per heavy atom. The van der Waals surface area contributed by atoms with Crippen LogP contribution in [-0.2, 0) is 0 Å². The van der Waals surface area contributed by atoms with Crippen molar-refractivity contribution in [2.45, 2.75) is 46.0 Å². The van der Waals surface area contributed by atoms with Crippen LogP contribution in [0.15, 0.2) is 0 Å². The molecule has 96 valence electrons. The highest BCUT2D eigenvalue weighted by molar-refractivity contribution is 4.69. The number of rotatable bonds is 7. The van der Waals surface area contributed by atoms with E-state index in [-0.39, 0.29) is 0 Å². The van der Waals surface area contributed by atoms with Gasteiger partial charge in [0.25, 0.3) is 0 Å². The topological polar surface area (TPSA) is 15.3 Å². The SMILES string of the molecule is CC(C)CCN(C)CCCC1CCCNC1. The van der Waals surface area contributed by atoms with Crippen LogP contribution in [0, 0.1) is 11.8 Å². The Labute approximate surface area is 102 Å². The lowest BCUT2D eigenvalue weighted by atomic mass is 9.94. The van der Waals surface area contributed by atoms with Gasteiger partial charge in [-0.2, -0.15) is 0 Å². The van der Waals surface area contributed by atoms with E-state index in [9.17, 15) is 0 Å². The summed E-state index contributed by atoms with van der Waals surface area (Å²) in [5.41, 5.74) is 0. The average Bonchev–Trinajstić information content (AvgIpc) is 2.28. The van der Waals surface area contributed by atoms with E-state index in [0.717, 1.165) is 11.8 Å². The van der Waals surface area contributed by atoms with Crippen molar-refractivity contribution in [2.24, 2.45) is 11.8 Å². The Kier molecular flexibility index (Phi) is 7.06. The Hall–Kier alpha value is -0.0800. The Balaban J connectivity index is 1.96. The third kappa shape index (κ3) is 6.49. The number of nitrogens with zero attached hydrogens (tertiary/aromatic N) is 1. The highest BCUT2D eigenvalue weighted by Crippen LogP contribution is 2.15. The van der Waals surface area contributed by atoms with Gasteiger partial charge in [-0.25, -0.2) is 0 Å². The fourth-order valence-corrected chi connectivity index (χ4v) is 2.41. The molecule has 2 heteroatoms. The molecule has 0 saturated carbocycles. The van der Waals surface area contributed by atoms with Crippen LogP contribution < -0.4 is 5.32 Å². The summed E-state index contributed by atoms with van der Waals surface area (Å²) in [5.74, 6) is 1.79. The maximum atomic E-state index is 3.50. The summed E-state index contributed by atoms with van der Waals surface area (Å²) in [4.78, 5) is 2.50. The molecule has 0 aromatic heterocycles. The van der Waals surface area contributed by atoms with Crippen LogP contribution in [0.1, 0.15) is 46.0 Å². The van der Waals surface area contributed by atoms with Crippen LogP contribution in [-0.4, -0.2) is 38.1 Å². The maximum absolute atomic E-state index is 3.50. The van der Waals surface area contributed by atoms with E-state index in [2.05, 4.69) is 31.1 Å². The van der Waals surface area contributed by atoms with Gasteiger partial charge < -0.3 is 10.2 Å². The van der Waals surface area contributed by atoms with E-state index >= 15 is 0 Å². The predicted octanol–water partition coefficient (Wildman–Crippen LogP) is 2.74. The van der Waals surface area contributed by atoms with Gasteiger partial charge in [0.15, 0.2) is 0 Å². The van der Waals surface area contributed by atoms with E-state index in [1.165, 1.54) is 58.3 Å². The van der Waals surface area contributed by atoms with Crippen LogP contribution in [0.4, 0.5) is 0 Å². The van der Waals surface area contributed by atoms with Crippen LogP contribution in [0.5, 0.6) is 0 Å². The van der Waals surface area contributed by atoms with Crippen molar-refractivity contribution in [3.63, 3.8) is 0 Å². The molecule has 0 spiro atoms. The van der Waals surface area contributed by atoms with Gasteiger partial charge in [0.05, 0.1) is 0 Å². The molecule has 1 fully saturated rings. The molecule has 1 saturated heterocycles. The normalized spacial score (nSPS) is 21.9. The Morgan fingerprint density at radius 2 is 2.12 bits per heavy atom. The van der Waals surface area contributed by atoms with Crippen molar-refractivity contribution >= 4 is 0 Å². The first-order valence-corrected chi connectivity index (χ1v) is 7.07. The number of nitrogens with one attached hydrogen (secondary N) is 1. The van der Waals surface area contributed by atoms with E-state index in [1.54, 1.807) is 0 Å². The minimum absolute atomic E-state index is 0.838. The predicted molar refractivity (Wildman–Crippen MR) is 71.8 cm³/mol. The third-order valence-electron chi connectivity index (χ3n) is 3.64. The molecule has 0 bridgehead atoms. The minimum atomic E-state index is 0.838. The van der Waals surface area contributed by atoms with Gasteiger partial charge in [0.2, 0.25) is 0 Å². The molecule has 1 heterocycles. The summed E-state index contributed by atoms with van der Waals surface area (Å²) < 4.78 is 0. The lowest BCUT2D eigenvalue weighted by Gasteiger charge is -2.24. The standard InChI is InChI=1S/C14H30N2/c1-13(2)8-11-16(3)10-5-7-14-6-4-9-15-12-14/h13-15H,4-12H2,1-3H3. The summed E-state index contributed by atoms with van der Waals surface area (Å²) >= 11 is 0. The fourth-order valence-electron chi connectivity index (χ4n) is 2.41. The molecule has 1 aliphatic heterocycles. The monoisotopic (exact) mass is 226 g/mol. The summed E-state index contributed by atoms with van der Waals surface area (Å²) in [6, 6.07) is 0. The smallest absolute Gasteiger partial charge is 0.00194 e. The summed E-state index contributed by atoms with van der Waals surface area (Å²) in [6.07, 6.45) is 6.96.